The molecule has 0 N–H and O–H groups in total. The van der Waals surface area contributed by atoms with Gasteiger partial charge in [-0.1, -0.05) is 30.3 Å². The smallest absolute Gasteiger partial charge is 0.547 e. The van der Waals surface area contributed by atoms with Gasteiger partial charge in [0, 0.05) is 0 Å². The quantitative estimate of drug-likeness (QED) is 0.431. The summed E-state index contributed by atoms with van der Waals surface area (Å²) in [7, 11) is 0. The van der Waals surface area contributed by atoms with E-state index in [-0.39, 0.29) is 47.6 Å². The molecule has 0 bridgehead atoms. The second kappa shape index (κ2) is 5.24. The Morgan fingerprint density at radius 3 is 2.65 bits per heavy atom. The zero-order chi connectivity index (χ0) is 13.6. The molecule has 0 spiro atoms. The number of nitrogens with zero attached hydrogens (tertiary/aromatic N) is 1. The van der Waals surface area contributed by atoms with Crippen LogP contribution < -0.4 is 34.7 Å². The second-order valence-corrected chi connectivity index (χ2v) is 4.82. The van der Waals surface area contributed by atoms with Crippen molar-refractivity contribution in [3.05, 3.63) is 41.7 Å². The molecule has 0 aliphatic carbocycles. The summed E-state index contributed by atoms with van der Waals surface area (Å²) < 4.78 is 5.56. The third-order valence-electron chi connectivity index (χ3n) is 3.63. The van der Waals surface area contributed by atoms with E-state index in [2.05, 4.69) is 0 Å². The Balaban J connectivity index is 0.00000147. The molecule has 1 amide bonds. The molecule has 0 aromatic heterocycles. The van der Waals surface area contributed by atoms with E-state index in [1.165, 1.54) is 11.8 Å². The van der Waals surface area contributed by atoms with Crippen molar-refractivity contribution in [1.29, 1.82) is 0 Å². The molecule has 2 heterocycles. The van der Waals surface area contributed by atoms with Gasteiger partial charge in [-0.3, -0.25) is 9.69 Å². The average molecular weight is 281 g/mol. The number of carbonyl (C=O) groups excluding carboxylic acids is 2. The summed E-state index contributed by atoms with van der Waals surface area (Å²) >= 11 is 0. The van der Waals surface area contributed by atoms with Gasteiger partial charge in [-0.15, -0.1) is 0 Å². The first-order chi connectivity index (χ1) is 9.03. The van der Waals surface area contributed by atoms with E-state index >= 15 is 0 Å². The fraction of sp³-hybridized carbons (Fsp3) is 0.286. The van der Waals surface area contributed by atoms with E-state index in [4.69, 9.17) is 4.74 Å². The Hall–Kier alpha value is -1.30. The standard InChI is InChI=1S/C14H13NO4.Na/c1-14(13(17)18)10(7-9-5-3-2-4-6-9)19-12-8-11(16)15(12)14;/h2-7,12H,8H2,1H3,(H,17,18);/q;+1/p-1/b10-7-;. The number of rotatable bonds is 2. The van der Waals surface area contributed by atoms with Crippen molar-refractivity contribution < 1.29 is 49.0 Å². The van der Waals surface area contributed by atoms with Crippen LogP contribution in [-0.2, 0) is 14.3 Å². The number of amides is 1. The third-order valence-corrected chi connectivity index (χ3v) is 3.63. The zero-order valence-corrected chi connectivity index (χ0v) is 13.3. The predicted octanol–water partition coefficient (Wildman–Crippen LogP) is -2.87. The van der Waals surface area contributed by atoms with Crippen LogP contribution in [0.25, 0.3) is 6.08 Å². The van der Waals surface area contributed by atoms with E-state index < -0.39 is 17.7 Å². The Morgan fingerprint density at radius 2 is 2.10 bits per heavy atom. The Morgan fingerprint density at radius 1 is 1.45 bits per heavy atom. The molecule has 2 aliphatic heterocycles. The monoisotopic (exact) mass is 281 g/mol. The van der Waals surface area contributed by atoms with Crippen LogP contribution in [-0.4, -0.2) is 28.5 Å². The number of benzene rings is 1. The minimum atomic E-state index is -1.52. The fourth-order valence-corrected chi connectivity index (χ4v) is 2.47. The van der Waals surface area contributed by atoms with Crippen LogP contribution in [0.5, 0.6) is 0 Å². The first-order valence-electron chi connectivity index (χ1n) is 6.01. The van der Waals surface area contributed by atoms with Gasteiger partial charge in [0.2, 0.25) is 5.91 Å². The van der Waals surface area contributed by atoms with Gasteiger partial charge >= 0.3 is 29.6 Å². The summed E-state index contributed by atoms with van der Waals surface area (Å²) in [6.07, 6.45) is 1.38. The number of hydrogen-bond acceptors (Lipinski definition) is 4. The van der Waals surface area contributed by atoms with Gasteiger partial charge in [-0.25, -0.2) is 0 Å². The summed E-state index contributed by atoms with van der Waals surface area (Å²) in [5.41, 5.74) is -0.699. The van der Waals surface area contributed by atoms with Crippen LogP contribution in [0.3, 0.4) is 0 Å². The van der Waals surface area contributed by atoms with Gasteiger partial charge < -0.3 is 14.6 Å². The van der Waals surface area contributed by atoms with E-state index in [1.54, 1.807) is 6.08 Å². The van der Waals surface area contributed by atoms with Gasteiger partial charge in [-0.2, -0.15) is 0 Å². The van der Waals surface area contributed by atoms with Crippen LogP contribution in [0.4, 0.5) is 0 Å². The van der Waals surface area contributed by atoms with E-state index in [0.29, 0.717) is 0 Å². The minimum Gasteiger partial charge on any atom is -0.547 e. The van der Waals surface area contributed by atoms with Gasteiger partial charge in [0.15, 0.2) is 6.23 Å². The number of carboxylic acid groups (broad SMARTS) is 1. The van der Waals surface area contributed by atoms with E-state index in [9.17, 15) is 14.7 Å². The first kappa shape index (κ1) is 15.1. The van der Waals surface area contributed by atoms with Crippen LogP contribution in [0, 0.1) is 0 Å². The summed E-state index contributed by atoms with van der Waals surface area (Å²) in [6, 6.07) is 9.23. The predicted molar refractivity (Wildman–Crippen MR) is 64.2 cm³/mol. The topological polar surface area (TPSA) is 69.7 Å². The van der Waals surface area contributed by atoms with Crippen molar-refractivity contribution in [2.75, 3.05) is 0 Å². The van der Waals surface area contributed by atoms with Gasteiger partial charge in [0.1, 0.15) is 11.3 Å². The van der Waals surface area contributed by atoms with Gasteiger partial charge in [0.25, 0.3) is 0 Å². The largest absolute Gasteiger partial charge is 1.00 e. The second-order valence-electron chi connectivity index (χ2n) is 4.82. The molecule has 3 rings (SSSR count). The molecule has 2 unspecified atom stereocenters. The Bertz CT molecular complexity index is 586. The first-order valence-corrected chi connectivity index (χ1v) is 6.01. The number of hydrogen-bond donors (Lipinski definition) is 0. The molecule has 5 nitrogen and oxygen atoms in total. The fourth-order valence-electron chi connectivity index (χ4n) is 2.47. The molecule has 1 aromatic carbocycles. The Labute approximate surface area is 138 Å². The average Bonchev–Trinajstić information content (AvgIpc) is 2.59. The molecule has 2 atom stereocenters. The summed E-state index contributed by atoms with van der Waals surface area (Å²) in [5, 5.41) is 11.4. The van der Waals surface area contributed by atoms with E-state index in [1.807, 2.05) is 30.3 Å². The maximum Gasteiger partial charge on any atom is 1.00 e. The molecule has 2 saturated heterocycles. The maximum atomic E-state index is 11.6. The summed E-state index contributed by atoms with van der Waals surface area (Å²) in [6.45, 7) is 1.44. The van der Waals surface area contributed by atoms with Crippen molar-refractivity contribution in [1.82, 2.24) is 4.90 Å². The molecule has 2 fully saturated rings. The number of aliphatic carboxylic acids is 1. The van der Waals surface area contributed by atoms with Gasteiger partial charge in [-0.05, 0) is 18.6 Å². The minimum absolute atomic E-state index is 0. The van der Waals surface area contributed by atoms with E-state index in [0.717, 1.165) is 5.56 Å². The number of β-lactam (4-membered cyclic amide) rings is 1. The third kappa shape index (κ3) is 2.06. The van der Waals surface area contributed by atoms with Crippen LogP contribution in [0.15, 0.2) is 36.1 Å². The van der Waals surface area contributed by atoms with Crippen molar-refractivity contribution in [3.8, 4) is 0 Å². The number of carbonyl (C=O) groups is 2. The number of ether oxygens (including phenoxy) is 1. The molecule has 98 valence electrons. The molecule has 0 radical (unpaired) electrons. The summed E-state index contributed by atoms with van der Waals surface area (Å²) in [4.78, 5) is 24.2. The van der Waals surface area contributed by atoms with Crippen LogP contribution in [0.2, 0.25) is 0 Å². The Kier molecular flexibility index (Phi) is 3.95. The van der Waals surface area contributed by atoms with Crippen molar-refractivity contribution in [3.63, 3.8) is 0 Å². The number of carboxylic acids is 1. The van der Waals surface area contributed by atoms with Gasteiger partial charge in [0.05, 0.1) is 12.4 Å². The summed E-state index contributed by atoms with van der Waals surface area (Å²) in [5.74, 6) is -1.31. The molecule has 6 heteroatoms. The molecule has 0 saturated carbocycles. The van der Waals surface area contributed by atoms with Crippen LogP contribution in [0.1, 0.15) is 18.9 Å². The SMILES string of the molecule is CC1(C(=O)[O-])/C(=C/c2ccccc2)OC2CC(=O)N21.[Na+]. The maximum absolute atomic E-state index is 11.6. The van der Waals surface area contributed by atoms with Crippen LogP contribution >= 0.6 is 0 Å². The molecule has 1 aromatic rings. The number of fused-ring (bicyclic) bond motifs is 1. The van der Waals surface area contributed by atoms with Crippen molar-refractivity contribution in [2.24, 2.45) is 0 Å². The normalized spacial score (nSPS) is 29.2. The molecule has 20 heavy (non-hydrogen) atoms. The molecule has 2 aliphatic rings. The molecular formula is C14H12NNaO4. The molecular weight excluding hydrogens is 269 g/mol. The zero-order valence-electron chi connectivity index (χ0n) is 11.3. The van der Waals surface area contributed by atoms with Crippen molar-refractivity contribution >= 4 is 18.0 Å². The van der Waals surface area contributed by atoms with Crippen molar-refractivity contribution in [2.45, 2.75) is 25.1 Å².